The van der Waals surface area contributed by atoms with Crippen molar-refractivity contribution in [2.24, 2.45) is 7.05 Å². The maximum absolute atomic E-state index is 12.2. The van der Waals surface area contributed by atoms with Crippen LogP contribution in [0.3, 0.4) is 0 Å². The van der Waals surface area contributed by atoms with E-state index in [0.29, 0.717) is 24.0 Å². The molecule has 110 valence electrons. The van der Waals surface area contributed by atoms with Crippen molar-refractivity contribution >= 4 is 11.7 Å². The monoisotopic (exact) mass is 286 g/mol. The minimum absolute atomic E-state index is 0.112. The van der Waals surface area contributed by atoms with Crippen LogP contribution >= 0.6 is 0 Å². The number of hydrogen-bond acceptors (Lipinski definition) is 4. The van der Waals surface area contributed by atoms with E-state index >= 15 is 0 Å². The van der Waals surface area contributed by atoms with Gasteiger partial charge in [0.15, 0.2) is 0 Å². The summed E-state index contributed by atoms with van der Waals surface area (Å²) in [7, 11) is 1.98. The molecule has 7 heteroatoms. The van der Waals surface area contributed by atoms with Gasteiger partial charge >= 0.3 is 6.03 Å². The number of hydrogen-bond donors (Lipinski definition) is 1. The Morgan fingerprint density at radius 2 is 2.10 bits per heavy atom. The van der Waals surface area contributed by atoms with Gasteiger partial charge in [0.25, 0.3) is 0 Å². The van der Waals surface area contributed by atoms with E-state index in [0.717, 1.165) is 18.8 Å². The van der Waals surface area contributed by atoms with Crippen molar-refractivity contribution in [3.05, 3.63) is 36.4 Å². The molecule has 0 saturated carbocycles. The Bertz CT molecular complexity index is 635. The SMILES string of the molecule is Cc1ncc(NC(=O)N2CCC(c3nccn3C)C2)cn1. The third kappa shape index (κ3) is 2.86. The molecule has 0 radical (unpaired) electrons. The molecular formula is C14H18N6O. The predicted molar refractivity (Wildman–Crippen MR) is 77.9 cm³/mol. The number of carbonyl (C=O) groups is 1. The first kappa shape index (κ1) is 13.5. The lowest BCUT2D eigenvalue weighted by molar-refractivity contribution is 0.222. The van der Waals surface area contributed by atoms with E-state index in [1.165, 1.54) is 0 Å². The minimum atomic E-state index is -0.112. The Kier molecular flexibility index (Phi) is 3.55. The molecule has 3 rings (SSSR count). The van der Waals surface area contributed by atoms with Crippen LogP contribution in [0.4, 0.5) is 10.5 Å². The van der Waals surface area contributed by atoms with Gasteiger partial charge in [0, 0.05) is 38.4 Å². The number of aromatic nitrogens is 4. The van der Waals surface area contributed by atoms with Crippen molar-refractivity contribution in [1.82, 2.24) is 24.4 Å². The largest absolute Gasteiger partial charge is 0.338 e. The molecule has 1 atom stereocenters. The van der Waals surface area contributed by atoms with E-state index in [-0.39, 0.29) is 6.03 Å². The molecule has 0 aromatic carbocycles. The average Bonchev–Trinajstić information content (AvgIpc) is 3.09. The Morgan fingerprint density at radius 1 is 1.33 bits per heavy atom. The molecule has 1 aliphatic rings. The van der Waals surface area contributed by atoms with Gasteiger partial charge in [-0.05, 0) is 13.3 Å². The second-order valence-corrected chi connectivity index (χ2v) is 5.28. The lowest BCUT2D eigenvalue weighted by Gasteiger charge is -2.17. The molecule has 0 spiro atoms. The van der Waals surface area contributed by atoms with Crippen LogP contribution in [0.2, 0.25) is 0 Å². The quantitative estimate of drug-likeness (QED) is 0.908. The topological polar surface area (TPSA) is 75.9 Å². The molecule has 1 fully saturated rings. The summed E-state index contributed by atoms with van der Waals surface area (Å²) in [6.45, 7) is 3.23. The van der Waals surface area contributed by atoms with Gasteiger partial charge in [-0.2, -0.15) is 0 Å². The Hall–Kier alpha value is -2.44. The van der Waals surface area contributed by atoms with E-state index in [2.05, 4.69) is 20.3 Å². The van der Waals surface area contributed by atoms with Crippen molar-refractivity contribution in [2.75, 3.05) is 18.4 Å². The highest BCUT2D eigenvalue weighted by molar-refractivity contribution is 5.89. The second-order valence-electron chi connectivity index (χ2n) is 5.28. The van der Waals surface area contributed by atoms with Gasteiger partial charge < -0.3 is 14.8 Å². The summed E-state index contributed by atoms with van der Waals surface area (Å²) >= 11 is 0. The lowest BCUT2D eigenvalue weighted by Crippen LogP contribution is -2.33. The summed E-state index contributed by atoms with van der Waals surface area (Å²) in [5, 5.41) is 2.83. The van der Waals surface area contributed by atoms with Crippen molar-refractivity contribution in [2.45, 2.75) is 19.3 Å². The predicted octanol–water partition coefficient (Wildman–Crippen LogP) is 1.54. The summed E-state index contributed by atoms with van der Waals surface area (Å²) < 4.78 is 2.01. The molecule has 1 saturated heterocycles. The molecule has 2 amide bonds. The maximum Gasteiger partial charge on any atom is 0.321 e. The molecule has 1 N–H and O–H groups in total. The Morgan fingerprint density at radius 3 is 2.76 bits per heavy atom. The van der Waals surface area contributed by atoms with Gasteiger partial charge in [-0.3, -0.25) is 0 Å². The number of urea groups is 1. The van der Waals surface area contributed by atoms with Crippen LogP contribution in [-0.2, 0) is 7.05 Å². The molecule has 3 heterocycles. The fraction of sp³-hybridized carbons (Fsp3) is 0.429. The number of amides is 2. The Labute approximate surface area is 123 Å². The third-order valence-electron chi connectivity index (χ3n) is 3.73. The van der Waals surface area contributed by atoms with E-state index in [9.17, 15) is 4.79 Å². The molecule has 0 bridgehead atoms. The van der Waals surface area contributed by atoms with Crippen LogP contribution in [0, 0.1) is 6.92 Å². The van der Waals surface area contributed by atoms with E-state index in [1.54, 1.807) is 23.5 Å². The van der Waals surface area contributed by atoms with Crippen LogP contribution in [0.1, 0.15) is 24.0 Å². The van der Waals surface area contributed by atoms with Gasteiger partial charge in [0.2, 0.25) is 0 Å². The molecule has 0 aliphatic carbocycles. The average molecular weight is 286 g/mol. The Balaban J connectivity index is 1.62. The van der Waals surface area contributed by atoms with Crippen molar-refractivity contribution in [1.29, 1.82) is 0 Å². The molecule has 1 unspecified atom stereocenters. The zero-order chi connectivity index (χ0) is 14.8. The normalized spacial score (nSPS) is 18.0. The van der Waals surface area contributed by atoms with Crippen molar-refractivity contribution in [3.63, 3.8) is 0 Å². The smallest absolute Gasteiger partial charge is 0.321 e. The van der Waals surface area contributed by atoms with Crippen molar-refractivity contribution in [3.8, 4) is 0 Å². The third-order valence-corrected chi connectivity index (χ3v) is 3.73. The highest BCUT2D eigenvalue weighted by atomic mass is 16.2. The summed E-state index contributed by atoms with van der Waals surface area (Å²) in [5.74, 6) is 2.01. The number of rotatable bonds is 2. The number of imidazole rings is 1. The summed E-state index contributed by atoms with van der Waals surface area (Å²) in [4.78, 5) is 26.5. The van der Waals surface area contributed by atoms with Gasteiger partial charge in [0.1, 0.15) is 11.6 Å². The molecule has 21 heavy (non-hydrogen) atoms. The van der Waals surface area contributed by atoms with E-state index in [1.807, 2.05) is 24.7 Å². The van der Waals surface area contributed by atoms with Crippen molar-refractivity contribution < 1.29 is 4.79 Å². The molecule has 2 aromatic heterocycles. The fourth-order valence-electron chi connectivity index (χ4n) is 2.59. The molecule has 7 nitrogen and oxygen atoms in total. The summed E-state index contributed by atoms with van der Waals surface area (Å²) in [6.07, 6.45) is 7.89. The molecule has 1 aliphatic heterocycles. The lowest BCUT2D eigenvalue weighted by atomic mass is 10.1. The van der Waals surface area contributed by atoms with E-state index < -0.39 is 0 Å². The van der Waals surface area contributed by atoms with E-state index in [4.69, 9.17) is 0 Å². The number of nitrogens with zero attached hydrogens (tertiary/aromatic N) is 5. The first-order valence-corrected chi connectivity index (χ1v) is 6.95. The fourth-order valence-corrected chi connectivity index (χ4v) is 2.59. The van der Waals surface area contributed by atoms with Crippen LogP contribution < -0.4 is 5.32 Å². The molecular weight excluding hydrogens is 268 g/mol. The number of carbonyl (C=O) groups excluding carboxylic acids is 1. The standard InChI is InChI=1S/C14H18N6O/c1-10-16-7-12(8-17-10)18-14(21)20-5-3-11(9-20)13-15-4-6-19(13)2/h4,6-8,11H,3,5,9H2,1-2H3,(H,18,21). The maximum atomic E-state index is 12.2. The number of nitrogens with one attached hydrogen (secondary N) is 1. The van der Waals surface area contributed by atoms with Crippen LogP contribution in [-0.4, -0.2) is 43.5 Å². The second kappa shape index (κ2) is 5.51. The minimum Gasteiger partial charge on any atom is -0.338 e. The zero-order valence-corrected chi connectivity index (χ0v) is 12.2. The van der Waals surface area contributed by atoms with Crippen LogP contribution in [0.5, 0.6) is 0 Å². The summed E-state index contributed by atoms with van der Waals surface area (Å²) in [6, 6.07) is -0.112. The van der Waals surface area contributed by atoms with Gasteiger partial charge in [-0.15, -0.1) is 0 Å². The first-order valence-electron chi connectivity index (χ1n) is 6.95. The number of likely N-dealkylation sites (tertiary alicyclic amines) is 1. The highest BCUT2D eigenvalue weighted by Gasteiger charge is 2.29. The summed E-state index contributed by atoms with van der Waals surface area (Å²) in [5.41, 5.74) is 0.617. The van der Waals surface area contributed by atoms with Gasteiger partial charge in [-0.1, -0.05) is 0 Å². The first-order chi connectivity index (χ1) is 10.1. The molecule has 2 aromatic rings. The zero-order valence-electron chi connectivity index (χ0n) is 12.2. The number of anilines is 1. The highest BCUT2D eigenvalue weighted by Crippen LogP contribution is 2.25. The van der Waals surface area contributed by atoms with Crippen LogP contribution in [0.25, 0.3) is 0 Å². The van der Waals surface area contributed by atoms with Gasteiger partial charge in [-0.25, -0.2) is 19.7 Å². The number of aryl methyl sites for hydroxylation is 2. The van der Waals surface area contributed by atoms with Gasteiger partial charge in [0.05, 0.1) is 18.1 Å². The van der Waals surface area contributed by atoms with Crippen LogP contribution in [0.15, 0.2) is 24.8 Å².